The summed E-state index contributed by atoms with van der Waals surface area (Å²) in [5.41, 5.74) is 6.49. The van der Waals surface area contributed by atoms with Crippen molar-refractivity contribution in [3.63, 3.8) is 0 Å². The Morgan fingerprint density at radius 1 is 1.09 bits per heavy atom. The molecule has 2 fully saturated rings. The number of halogens is 2. The molecule has 0 bridgehead atoms. The smallest absolute Gasteiger partial charge is 0.316 e. The summed E-state index contributed by atoms with van der Waals surface area (Å²) >= 11 is 0. The van der Waals surface area contributed by atoms with E-state index in [4.69, 9.17) is 15.2 Å². The van der Waals surface area contributed by atoms with Crippen molar-refractivity contribution in [3.05, 3.63) is 53.6 Å². The molecule has 2 atom stereocenters. The number of urea groups is 1. The van der Waals surface area contributed by atoms with Gasteiger partial charge in [0.05, 0.1) is 14.2 Å². The van der Waals surface area contributed by atoms with Gasteiger partial charge in [-0.1, -0.05) is 18.9 Å². The number of fused-ring (bicyclic) bond motifs is 1. The number of carbonyl (C=O) groups excluding carboxylic acids is 1. The monoisotopic (exact) mass is 447 g/mol. The number of anilines is 1. The summed E-state index contributed by atoms with van der Waals surface area (Å²) in [5.74, 6) is 0.946. The van der Waals surface area contributed by atoms with Gasteiger partial charge in [0.2, 0.25) is 0 Å². The van der Waals surface area contributed by atoms with Crippen molar-refractivity contribution < 1.29 is 23.0 Å². The van der Waals surface area contributed by atoms with Crippen molar-refractivity contribution in [1.29, 1.82) is 0 Å². The number of nitrogens with zero attached hydrogens (tertiary/aromatic N) is 1. The normalized spacial score (nSPS) is 22.3. The minimum atomic E-state index is -0.861. The van der Waals surface area contributed by atoms with Crippen LogP contribution >= 0.6 is 0 Å². The highest BCUT2D eigenvalue weighted by molar-refractivity contribution is 5.87. The first kappa shape index (κ1) is 23.8. The highest BCUT2D eigenvalue weighted by Gasteiger charge is 2.47. The Bertz CT molecular complexity index is 936. The molecule has 32 heavy (non-hydrogen) atoms. The largest absolute Gasteiger partial charge is 0.493 e. The zero-order valence-electron chi connectivity index (χ0n) is 18.8. The van der Waals surface area contributed by atoms with Crippen molar-refractivity contribution in [2.45, 2.75) is 31.1 Å². The Labute approximate surface area is 187 Å². The van der Waals surface area contributed by atoms with Crippen molar-refractivity contribution in [2.24, 2.45) is 11.7 Å². The lowest BCUT2D eigenvalue weighted by molar-refractivity contribution is 0.240. The molecular formula is C24H31F2N3O3. The van der Waals surface area contributed by atoms with Crippen LogP contribution < -0.4 is 20.5 Å². The van der Waals surface area contributed by atoms with Crippen LogP contribution in [0.25, 0.3) is 0 Å². The zero-order chi connectivity index (χ0) is 23.3. The predicted molar refractivity (Wildman–Crippen MR) is 120 cm³/mol. The molecule has 2 aromatic rings. The second kappa shape index (κ2) is 10.2. The SMILES string of the molecule is COc1ccc([C@@]23CCCC[C@@H]2CN(C)C3)cc1OC.NC(=O)Nc1cc(F)cc(F)c1. The zero-order valence-corrected chi connectivity index (χ0v) is 18.8. The highest BCUT2D eigenvalue weighted by atomic mass is 19.1. The van der Waals surface area contributed by atoms with Crippen LogP contribution in [0.2, 0.25) is 0 Å². The second-order valence-electron chi connectivity index (χ2n) is 8.51. The topological polar surface area (TPSA) is 76.8 Å². The molecule has 0 unspecified atom stereocenters. The fourth-order valence-corrected chi connectivity index (χ4v) is 5.09. The van der Waals surface area contributed by atoms with Crippen molar-refractivity contribution in [2.75, 3.05) is 39.7 Å². The Morgan fingerprint density at radius 2 is 1.78 bits per heavy atom. The fraction of sp³-hybridized carbons (Fsp3) is 0.458. The van der Waals surface area contributed by atoms with Gasteiger partial charge in [0.1, 0.15) is 11.6 Å². The lowest BCUT2D eigenvalue weighted by Crippen LogP contribution is -2.37. The van der Waals surface area contributed by atoms with E-state index in [2.05, 4.69) is 30.1 Å². The molecule has 4 rings (SSSR count). The van der Waals surface area contributed by atoms with E-state index in [9.17, 15) is 13.6 Å². The molecule has 1 heterocycles. The molecular weight excluding hydrogens is 416 g/mol. The number of methoxy groups -OCH3 is 2. The molecule has 0 aromatic heterocycles. The fourth-order valence-electron chi connectivity index (χ4n) is 5.09. The lowest BCUT2D eigenvalue weighted by atomic mass is 9.64. The molecule has 3 N–H and O–H groups in total. The average Bonchev–Trinajstić information content (AvgIpc) is 3.09. The Balaban J connectivity index is 0.000000207. The van der Waals surface area contributed by atoms with Gasteiger partial charge in [-0.25, -0.2) is 13.6 Å². The first-order valence-corrected chi connectivity index (χ1v) is 10.7. The second-order valence-corrected chi connectivity index (χ2v) is 8.51. The molecule has 1 aliphatic heterocycles. The lowest BCUT2D eigenvalue weighted by Gasteiger charge is -2.39. The molecule has 2 amide bonds. The van der Waals surface area contributed by atoms with Crippen LogP contribution in [0.5, 0.6) is 11.5 Å². The van der Waals surface area contributed by atoms with Crippen LogP contribution in [0, 0.1) is 17.6 Å². The number of likely N-dealkylation sites (tertiary alicyclic amines) is 1. The number of nitrogens with one attached hydrogen (secondary N) is 1. The van der Waals surface area contributed by atoms with E-state index in [1.807, 2.05) is 5.32 Å². The van der Waals surface area contributed by atoms with Crippen LogP contribution in [-0.4, -0.2) is 45.3 Å². The van der Waals surface area contributed by atoms with E-state index in [0.29, 0.717) is 11.5 Å². The third kappa shape index (κ3) is 5.30. The number of likely N-dealkylation sites (N-methyl/N-ethyl adjacent to an activating group) is 1. The van der Waals surface area contributed by atoms with Gasteiger partial charge in [0.15, 0.2) is 11.5 Å². The standard InChI is InChI=1S/C17H25NO2.C7H6F2N2O/c1-18-11-14-6-4-5-9-17(14,12-18)13-7-8-15(19-2)16(10-13)20-3;8-4-1-5(9)3-6(2-4)11-7(10)12/h7-8,10,14H,4-6,9,11-12H2,1-3H3;1-3H,(H3,10,11,12)/t14-,17+;/m1./s1. The summed E-state index contributed by atoms with van der Waals surface area (Å²) in [4.78, 5) is 12.8. The molecule has 174 valence electrons. The number of carbonyl (C=O) groups is 1. The number of benzene rings is 2. The predicted octanol–water partition coefficient (Wildman–Crippen LogP) is 4.53. The average molecular weight is 448 g/mol. The maximum absolute atomic E-state index is 12.4. The van der Waals surface area contributed by atoms with Gasteiger partial charge in [-0.15, -0.1) is 0 Å². The molecule has 0 spiro atoms. The van der Waals surface area contributed by atoms with Gasteiger partial charge in [-0.2, -0.15) is 0 Å². The quantitative estimate of drug-likeness (QED) is 0.722. The molecule has 2 aromatic carbocycles. The van der Waals surface area contributed by atoms with Gasteiger partial charge in [-0.05, 0) is 55.6 Å². The van der Waals surface area contributed by atoms with Gasteiger partial charge < -0.3 is 25.4 Å². The molecule has 6 nitrogen and oxygen atoms in total. The molecule has 2 aliphatic rings. The summed E-state index contributed by atoms with van der Waals surface area (Å²) in [6.45, 7) is 2.40. The third-order valence-corrected chi connectivity index (χ3v) is 6.38. The van der Waals surface area contributed by atoms with E-state index in [0.717, 1.165) is 29.5 Å². The number of rotatable bonds is 4. The first-order chi connectivity index (χ1) is 15.3. The number of ether oxygens (including phenoxy) is 2. The summed E-state index contributed by atoms with van der Waals surface area (Å²) in [7, 11) is 5.67. The molecule has 8 heteroatoms. The Hall–Kier alpha value is -2.87. The van der Waals surface area contributed by atoms with Gasteiger partial charge in [-0.3, -0.25) is 0 Å². The van der Waals surface area contributed by atoms with Gasteiger partial charge in [0.25, 0.3) is 0 Å². The van der Waals surface area contributed by atoms with Crippen molar-refractivity contribution in [1.82, 2.24) is 4.90 Å². The minimum absolute atomic E-state index is 0.000000000000000444. The maximum Gasteiger partial charge on any atom is 0.316 e. The van der Waals surface area contributed by atoms with Gasteiger partial charge in [0, 0.05) is 30.3 Å². The van der Waals surface area contributed by atoms with Gasteiger partial charge >= 0.3 is 6.03 Å². The number of amides is 2. The summed E-state index contributed by atoms with van der Waals surface area (Å²) in [5, 5.41) is 2.05. The van der Waals surface area contributed by atoms with Crippen LogP contribution in [-0.2, 0) is 5.41 Å². The number of hydrogen-bond acceptors (Lipinski definition) is 4. The van der Waals surface area contributed by atoms with E-state index in [-0.39, 0.29) is 5.69 Å². The van der Waals surface area contributed by atoms with Crippen LogP contribution in [0.3, 0.4) is 0 Å². The molecule has 1 aliphatic carbocycles. The van der Waals surface area contributed by atoms with Crippen LogP contribution in [0.15, 0.2) is 36.4 Å². The van der Waals surface area contributed by atoms with E-state index >= 15 is 0 Å². The maximum atomic E-state index is 12.4. The Kier molecular flexibility index (Phi) is 7.56. The van der Waals surface area contributed by atoms with E-state index in [1.165, 1.54) is 44.3 Å². The third-order valence-electron chi connectivity index (χ3n) is 6.38. The minimum Gasteiger partial charge on any atom is -0.493 e. The highest BCUT2D eigenvalue weighted by Crippen LogP contribution is 2.49. The number of hydrogen-bond donors (Lipinski definition) is 2. The molecule has 1 saturated heterocycles. The number of primary amides is 1. The number of nitrogens with two attached hydrogens (primary N) is 1. The molecule has 1 saturated carbocycles. The summed E-state index contributed by atoms with van der Waals surface area (Å²) < 4.78 is 35.8. The molecule has 0 radical (unpaired) electrons. The Morgan fingerprint density at radius 3 is 2.41 bits per heavy atom. The van der Waals surface area contributed by atoms with Crippen molar-refractivity contribution in [3.8, 4) is 11.5 Å². The van der Waals surface area contributed by atoms with E-state index < -0.39 is 17.7 Å². The van der Waals surface area contributed by atoms with Crippen LogP contribution in [0.4, 0.5) is 19.3 Å². The van der Waals surface area contributed by atoms with Crippen LogP contribution in [0.1, 0.15) is 31.2 Å². The summed E-state index contributed by atoms with van der Waals surface area (Å²) in [6.07, 6.45) is 5.39. The van der Waals surface area contributed by atoms with E-state index in [1.54, 1.807) is 14.2 Å². The summed E-state index contributed by atoms with van der Waals surface area (Å²) in [6, 6.07) is 8.29. The first-order valence-electron chi connectivity index (χ1n) is 10.7. The van der Waals surface area contributed by atoms with Crippen molar-refractivity contribution >= 4 is 11.7 Å².